The topological polar surface area (TPSA) is 108 Å². The van der Waals surface area contributed by atoms with Crippen LogP contribution in [0, 0.1) is 0 Å². The number of fused-ring (bicyclic) bond motifs is 2. The van der Waals surface area contributed by atoms with Crippen LogP contribution in [0.2, 0.25) is 0 Å². The van der Waals surface area contributed by atoms with Gasteiger partial charge in [-0.3, -0.25) is 19.7 Å². The van der Waals surface area contributed by atoms with E-state index in [2.05, 4.69) is 10.6 Å². The van der Waals surface area contributed by atoms with Crippen LogP contribution in [0.1, 0.15) is 28.8 Å². The quantitative estimate of drug-likeness (QED) is 0.637. The molecular formula is C16H17N3O5. The van der Waals surface area contributed by atoms with Gasteiger partial charge in [0.1, 0.15) is 18.4 Å². The first-order valence-electron chi connectivity index (χ1n) is 7.88. The molecule has 3 N–H and O–H groups in total. The van der Waals surface area contributed by atoms with Gasteiger partial charge in [0, 0.05) is 18.5 Å². The summed E-state index contributed by atoms with van der Waals surface area (Å²) >= 11 is 0. The molecule has 8 heteroatoms. The fraction of sp³-hybridized carbons (Fsp3) is 0.438. The van der Waals surface area contributed by atoms with E-state index in [-0.39, 0.29) is 30.9 Å². The molecule has 0 spiro atoms. The van der Waals surface area contributed by atoms with Gasteiger partial charge in [-0.25, -0.2) is 0 Å². The van der Waals surface area contributed by atoms with Crippen LogP contribution in [0.3, 0.4) is 0 Å². The van der Waals surface area contributed by atoms with Crippen LogP contribution in [0.15, 0.2) is 12.1 Å². The number of benzene rings is 1. The van der Waals surface area contributed by atoms with Crippen molar-refractivity contribution in [1.82, 2.24) is 10.2 Å². The molecule has 126 valence electrons. The third-order valence-electron chi connectivity index (χ3n) is 4.64. The molecule has 1 aromatic rings. The molecule has 0 radical (unpaired) electrons. The number of ether oxygens (including phenoxy) is 1. The number of hydrogen-bond donors (Lipinski definition) is 3. The predicted octanol–water partition coefficient (Wildman–Crippen LogP) is -0.387. The summed E-state index contributed by atoms with van der Waals surface area (Å²) in [6.07, 6.45) is 0.571. The molecule has 8 nitrogen and oxygen atoms in total. The second-order valence-electron chi connectivity index (χ2n) is 6.24. The maximum Gasteiger partial charge on any atom is 0.255 e. The number of carbonyl (C=O) groups excluding carboxylic acids is 3. The predicted molar refractivity (Wildman–Crippen MR) is 82.5 cm³/mol. The zero-order valence-electron chi connectivity index (χ0n) is 12.9. The molecule has 3 amide bonds. The molecule has 3 heterocycles. The van der Waals surface area contributed by atoms with Gasteiger partial charge in [-0.2, -0.15) is 0 Å². The largest absolute Gasteiger partial charge is 0.489 e. The van der Waals surface area contributed by atoms with Crippen molar-refractivity contribution in [3.63, 3.8) is 0 Å². The van der Waals surface area contributed by atoms with Crippen LogP contribution in [0.25, 0.3) is 0 Å². The molecule has 0 aliphatic carbocycles. The number of hydrogen-bond acceptors (Lipinski definition) is 6. The highest BCUT2D eigenvalue weighted by molar-refractivity contribution is 6.06. The molecule has 1 fully saturated rings. The van der Waals surface area contributed by atoms with Gasteiger partial charge >= 0.3 is 0 Å². The molecule has 3 aliphatic heterocycles. The summed E-state index contributed by atoms with van der Waals surface area (Å²) in [5, 5.41) is 14.7. The van der Waals surface area contributed by atoms with Crippen LogP contribution < -0.4 is 15.4 Å². The number of aliphatic hydroxyl groups is 1. The van der Waals surface area contributed by atoms with Gasteiger partial charge in [-0.1, -0.05) is 0 Å². The van der Waals surface area contributed by atoms with Crippen LogP contribution in [-0.2, 0) is 16.1 Å². The smallest absolute Gasteiger partial charge is 0.255 e. The average Bonchev–Trinajstić information content (AvgIpc) is 2.88. The van der Waals surface area contributed by atoms with Gasteiger partial charge < -0.3 is 20.1 Å². The molecule has 1 saturated heterocycles. The van der Waals surface area contributed by atoms with E-state index in [4.69, 9.17) is 4.74 Å². The highest BCUT2D eigenvalue weighted by Crippen LogP contribution is 2.37. The lowest BCUT2D eigenvalue weighted by Gasteiger charge is -2.29. The van der Waals surface area contributed by atoms with Gasteiger partial charge in [-0.05, 0) is 24.1 Å². The Morgan fingerprint density at radius 3 is 2.88 bits per heavy atom. The first-order chi connectivity index (χ1) is 11.6. The van der Waals surface area contributed by atoms with Crippen LogP contribution in [0.5, 0.6) is 5.75 Å². The van der Waals surface area contributed by atoms with Crippen LogP contribution >= 0.6 is 0 Å². The lowest BCUT2D eigenvalue weighted by molar-refractivity contribution is -0.136. The van der Waals surface area contributed by atoms with E-state index in [0.717, 1.165) is 5.56 Å². The average molecular weight is 331 g/mol. The van der Waals surface area contributed by atoms with Crippen molar-refractivity contribution in [3.8, 4) is 5.75 Å². The van der Waals surface area contributed by atoms with Crippen molar-refractivity contribution in [2.45, 2.75) is 31.5 Å². The van der Waals surface area contributed by atoms with E-state index < -0.39 is 11.9 Å². The third-order valence-corrected chi connectivity index (χ3v) is 4.64. The fourth-order valence-corrected chi connectivity index (χ4v) is 3.38. The summed E-state index contributed by atoms with van der Waals surface area (Å²) in [4.78, 5) is 37.5. The number of rotatable bonds is 2. The van der Waals surface area contributed by atoms with E-state index in [1.165, 1.54) is 4.90 Å². The molecule has 3 aliphatic rings. The molecule has 4 rings (SSSR count). The first-order valence-corrected chi connectivity index (χ1v) is 7.88. The summed E-state index contributed by atoms with van der Waals surface area (Å²) in [6.45, 7) is 0.612. The Labute approximate surface area is 137 Å². The van der Waals surface area contributed by atoms with Crippen LogP contribution in [-0.4, -0.2) is 53.0 Å². The molecule has 0 unspecified atom stereocenters. The van der Waals surface area contributed by atoms with Crippen molar-refractivity contribution >= 4 is 23.4 Å². The van der Waals surface area contributed by atoms with Gasteiger partial charge in [-0.15, -0.1) is 0 Å². The van der Waals surface area contributed by atoms with Gasteiger partial charge in [0.2, 0.25) is 11.8 Å². The highest BCUT2D eigenvalue weighted by Gasteiger charge is 2.40. The monoisotopic (exact) mass is 331 g/mol. The zero-order chi connectivity index (χ0) is 16.8. The Morgan fingerprint density at radius 1 is 1.29 bits per heavy atom. The number of aliphatic hydroxyl groups excluding tert-OH is 1. The number of carbonyl (C=O) groups is 3. The van der Waals surface area contributed by atoms with Gasteiger partial charge in [0.25, 0.3) is 5.91 Å². The summed E-state index contributed by atoms with van der Waals surface area (Å²) in [6, 6.07) is 2.67. The molecule has 0 bridgehead atoms. The minimum atomic E-state index is -0.626. The first kappa shape index (κ1) is 14.9. The normalized spacial score (nSPS) is 25.5. The molecule has 0 aromatic heterocycles. The second-order valence-corrected chi connectivity index (χ2v) is 6.24. The number of anilines is 1. The Bertz CT molecular complexity index is 747. The van der Waals surface area contributed by atoms with Crippen molar-refractivity contribution in [1.29, 1.82) is 0 Å². The second kappa shape index (κ2) is 5.48. The van der Waals surface area contributed by atoms with E-state index in [1.807, 2.05) is 0 Å². The van der Waals surface area contributed by atoms with Gasteiger partial charge in [0.15, 0.2) is 0 Å². The minimum absolute atomic E-state index is 0.0626. The van der Waals surface area contributed by atoms with E-state index in [1.54, 1.807) is 12.1 Å². The Hall–Kier alpha value is -2.61. The molecule has 0 saturated carbocycles. The van der Waals surface area contributed by atoms with Crippen molar-refractivity contribution in [3.05, 3.63) is 23.3 Å². The van der Waals surface area contributed by atoms with E-state index in [0.29, 0.717) is 36.6 Å². The highest BCUT2D eigenvalue weighted by atomic mass is 16.5. The Balaban J connectivity index is 1.61. The van der Waals surface area contributed by atoms with Gasteiger partial charge in [0.05, 0.1) is 18.3 Å². The summed E-state index contributed by atoms with van der Waals surface area (Å²) in [5.41, 5.74) is 1.98. The fourth-order valence-electron chi connectivity index (χ4n) is 3.38. The number of nitrogens with one attached hydrogen (secondary N) is 2. The maximum absolute atomic E-state index is 12.7. The molecule has 24 heavy (non-hydrogen) atoms. The molecule has 1 aromatic carbocycles. The number of nitrogens with zero attached hydrogens (tertiary/aromatic N) is 1. The standard InChI is InChI=1S/C16H17N3O5/c20-6-9-7-24-13-3-8-5-19(12-1-2-14(21)18-15(12)22)16(23)10(8)4-11(13)17-9/h3-4,9,12,17,20H,1-2,5-7H2,(H,18,21,22)/t9-,12-/m0/s1. The lowest BCUT2D eigenvalue weighted by Crippen LogP contribution is -2.52. The third kappa shape index (κ3) is 2.30. The summed E-state index contributed by atoms with van der Waals surface area (Å²) in [7, 11) is 0. The SMILES string of the molecule is O=C1CC[C@H](N2Cc3cc4c(cc3C2=O)N[C@@H](CO)CO4)C(=O)N1. The summed E-state index contributed by atoms with van der Waals surface area (Å²) in [5.74, 6) is -0.318. The maximum atomic E-state index is 12.7. The Kier molecular flexibility index (Phi) is 3.42. The summed E-state index contributed by atoms with van der Waals surface area (Å²) < 4.78 is 5.63. The number of amides is 3. The van der Waals surface area contributed by atoms with E-state index >= 15 is 0 Å². The Morgan fingerprint density at radius 2 is 2.12 bits per heavy atom. The lowest BCUT2D eigenvalue weighted by atomic mass is 10.0. The van der Waals surface area contributed by atoms with Crippen molar-refractivity contribution in [2.75, 3.05) is 18.5 Å². The van der Waals surface area contributed by atoms with E-state index in [9.17, 15) is 19.5 Å². The van der Waals surface area contributed by atoms with Crippen LogP contribution in [0.4, 0.5) is 5.69 Å². The van der Waals surface area contributed by atoms with Crippen molar-refractivity contribution < 1.29 is 24.2 Å². The minimum Gasteiger partial charge on any atom is -0.489 e. The number of piperidine rings is 1. The zero-order valence-corrected chi connectivity index (χ0v) is 12.9. The molecular weight excluding hydrogens is 314 g/mol. The number of imide groups is 1. The molecule has 2 atom stereocenters. The van der Waals surface area contributed by atoms with Crippen molar-refractivity contribution in [2.24, 2.45) is 0 Å².